The Kier molecular flexibility index (Phi) is 4.32. The molecule has 0 aliphatic rings. The normalized spacial score (nSPS) is 11.8. The van der Waals surface area contributed by atoms with Crippen molar-refractivity contribution in [3.05, 3.63) is 144 Å². The number of imidazole rings is 1. The first-order valence-corrected chi connectivity index (χ1v) is 10.8. The third kappa shape index (κ3) is 2.68. The summed E-state index contributed by atoms with van der Waals surface area (Å²) >= 11 is 0. The Morgan fingerprint density at radius 1 is 0.531 bits per heavy atom. The minimum Gasteiger partial charge on any atom is -0.310 e. The molecular weight excluding hydrogens is 390 g/mol. The molecule has 0 saturated carbocycles. The number of hydrogen-bond donors (Lipinski definition) is 0. The Labute approximate surface area is 186 Å². The Morgan fingerprint density at radius 2 is 1.03 bits per heavy atom. The smallest absolute Gasteiger partial charge is 0.122 e. The van der Waals surface area contributed by atoms with Crippen LogP contribution in [-0.4, -0.2) is 14.5 Å². The monoisotopic (exact) mass is 411 g/mol. The first-order chi connectivity index (χ1) is 15.9. The zero-order valence-electron chi connectivity index (χ0n) is 17.5. The quantitative estimate of drug-likeness (QED) is 0.313. The van der Waals surface area contributed by atoms with Crippen LogP contribution in [-0.2, 0) is 5.54 Å². The number of fused-ring (bicyclic) bond motifs is 3. The van der Waals surface area contributed by atoms with Crippen LogP contribution < -0.4 is 0 Å². The van der Waals surface area contributed by atoms with Gasteiger partial charge in [0.1, 0.15) is 5.54 Å². The molecule has 3 nitrogen and oxygen atoms in total. The molecule has 6 rings (SSSR count). The highest BCUT2D eigenvalue weighted by Gasteiger charge is 2.39. The average molecular weight is 412 g/mol. The Bertz CT molecular complexity index is 1410. The molecule has 0 unspecified atom stereocenters. The van der Waals surface area contributed by atoms with Crippen LogP contribution in [0.3, 0.4) is 0 Å². The van der Waals surface area contributed by atoms with Gasteiger partial charge in [-0.1, -0.05) is 109 Å². The summed E-state index contributed by atoms with van der Waals surface area (Å²) in [7, 11) is 0. The lowest BCUT2D eigenvalue weighted by Gasteiger charge is -2.37. The van der Waals surface area contributed by atoms with Crippen molar-refractivity contribution in [1.29, 1.82) is 0 Å². The standard InChI is InChI=1S/C29H21N3/c1-4-12-22(13-5-1)29(23-14-6-2-7-15-23,24-16-8-3-9-17-24)32-21-31-28-25-18-10-11-19-26(25)30-20-27(28)32/h1-21H. The molecule has 6 aromatic rings. The van der Waals surface area contributed by atoms with Crippen molar-refractivity contribution >= 4 is 21.9 Å². The molecular formula is C29H21N3. The summed E-state index contributed by atoms with van der Waals surface area (Å²) in [6, 6.07) is 40.1. The summed E-state index contributed by atoms with van der Waals surface area (Å²) in [5, 5.41) is 1.06. The Balaban J connectivity index is 1.79. The van der Waals surface area contributed by atoms with Gasteiger partial charge in [0.2, 0.25) is 0 Å². The van der Waals surface area contributed by atoms with Gasteiger partial charge in [-0.2, -0.15) is 0 Å². The minimum absolute atomic E-state index is 0.595. The fourth-order valence-corrected chi connectivity index (χ4v) is 4.83. The Morgan fingerprint density at radius 3 is 1.59 bits per heavy atom. The van der Waals surface area contributed by atoms with Crippen molar-refractivity contribution in [2.75, 3.05) is 0 Å². The first-order valence-electron chi connectivity index (χ1n) is 10.8. The zero-order valence-corrected chi connectivity index (χ0v) is 17.5. The van der Waals surface area contributed by atoms with Gasteiger partial charge >= 0.3 is 0 Å². The van der Waals surface area contributed by atoms with Crippen LogP contribution in [0.25, 0.3) is 21.9 Å². The van der Waals surface area contributed by atoms with Gasteiger partial charge < -0.3 is 4.57 Å². The van der Waals surface area contributed by atoms with Crippen molar-refractivity contribution in [2.45, 2.75) is 5.54 Å². The van der Waals surface area contributed by atoms with E-state index in [9.17, 15) is 0 Å². The largest absolute Gasteiger partial charge is 0.310 e. The molecule has 32 heavy (non-hydrogen) atoms. The van der Waals surface area contributed by atoms with E-state index < -0.39 is 5.54 Å². The molecule has 0 atom stereocenters. The van der Waals surface area contributed by atoms with Crippen LogP contribution in [0.1, 0.15) is 16.7 Å². The molecule has 0 radical (unpaired) electrons. The minimum atomic E-state index is -0.595. The predicted molar refractivity (Wildman–Crippen MR) is 130 cm³/mol. The van der Waals surface area contributed by atoms with Crippen molar-refractivity contribution in [3.8, 4) is 0 Å². The highest BCUT2D eigenvalue weighted by Crippen LogP contribution is 2.42. The first kappa shape index (κ1) is 18.5. The third-order valence-electron chi connectivity index (χ3n) is 6.23. The number of benzene rings is 4. The molecule has 0 spiro atoms. The average Bonchev–Trinajstić information content (AvgIpc) is 3.32. The van der Waals surface area contributed by atoms with E-state index in [0.717, 1.165) is 21.9 Å². The fraction of sp³-hybridized carbons (Fsp3) is 0.0345. The van der Waals surface area contributed by atoms with Gasteiger partial charge in [0, 0.05) is 5.39 Å². The van der Waals surface area contributed by atoms with E-state index in [0.29, 0.717) is 0 Å². The van der Waals surface area contributed by atoms with Crippen molar-refractivity contribution in [1.82, 2.24) is 14.5 Å². The lowest BCUT2D eigenvalue weighted by Crippen LogP contribution is -2.37. The fourth-order valence-electron chi connectivity index (χ4n) is 4.83. The van der Waals surface area contributed by atoms with Gasteiger partial charge in [-0.05, 0) is 22.8 Å². The summed E-state index contributed by atoms with van der Waals surface area (Å²) in [6.07, 6.45) is 3.92. The van der Waals surface area contributed by atoms with E-state index in [1.54, 1.807) is 0 Å². The summed E-state index contributed by atoms with van der Waals surface area (Å²) in [4.78, 5) is 9.69. The topological polar surface area (TPSA) is 30.7 Å². The van der Waals surface area contributed by atoms with E-state index in [2.05, 4.69) is 102 Å². The number of nitrogens with zero attached hydrogens (tertiary/aromatic N) is 3. The van der Waals surface area contributed by atoms with Gasteiger partial charge in [0.15, 0.2) is 0 Å². The molecule has 0 amide bonds. The summed E-state index contributed by atoms with van der Waals surface area (Å²) in [6.45, 7) is 0. The molecule has 2 heterocycles. The predicted octanol–water partition coefficient (Wildman–Crippen LogP) is 6.42. The van der Waals surface area contributed by atoms with Crippen LogP contribution in [0.15, 0.2) is 128 Å². The number of rotatable bonds is 4. The molecule has 0 bridgehead atoms. The SMILES string of the molecule is c1ccc(C(c2ccccc2)(c2ccccc2)n2cnc3c4ccccc4ncc32)cc1. The second-order valence-corrected chi connectivity index (χ2v) is 7.93. The van der Waals surface area contributed by atoms with E-state index in [-0.39, 0.29) is 0 Å². The summed E-state index contributed by atoms with van der Waals surface area (Å²) < 4.78 is 2.28. The number of pyridine rings is 1. The molecule has 2 aromatic heterocycles. The lowest BCUT2D eigenvalue weighted by molar-refractivity contribution is 0.529. The zero-order chi connectivity index (χ0) is 21.4. The van der Waals surface area contributed by atoms with Gasteiger partial charge in [0.25, 0.3) is 0 Å². The van der Waals surface area contributed by atoms with Crippen molar-refractivity contribution < 1.29 is 0 Å². The van der Waals surface area contributed by atoms with Gasteiger partial charge in [-0.3, -0.25) is 4.98 Å². The van der Waals surface area contributed by atoms with E-state index >= 15 is 0 Å². The van der Waals surface area contributed by atoms with Gasteiger partial charge in [-0.15, -0.1) is 0 Å². The van der Waals surface area contributed by atoms with E-state index in [4.69, 9.17) is 9.97 Å². The van der Waals surface area contributed by atoms with E-state index in [1.165, 1.54) is 16.7 Å². The van der Waals surface area contributed by atoms with Crippen LogP contribution in [0.4, 0.5) is 0 Å². The molecule has 0 aliphatic carbocycles. The van der Waals surface area contributed by atoms with Gasteiger partial charge in [0.05, 0.1) is 29.1 Å². The molecule has 152 valence electrons. The van der Waals surface area contributed by atoms with Crippen molar-refractivity contribution in [3.63, 3.8) is 0 Å². The highest BCUT2D eigenvalue weighted by atomic mass is 15.1. The number of hydrogen-bond acceptors (Lipinski definition) is 2. The molecule has 0 fully saturated rings. The summed E-state index contributed by atoms with van der Waals surface area (Å²) in [5.41, 5.74) is 5.83. The second-order valence-electron chi connectivity index (χ2n) is 7.93. The maximum absolute atomic E-state index is 4.91. The maximum atomic E-state index is 4.91. The van der Waals surface area contributed by atoms with Crippen LogP contribution >= 0.6 is 0 Å². The van der Waals surface area contributed by atoms with Gasteiger partial charge in [-0.25, -0.2) is 4.98 Å². The van der Waals surface area contributed by atoms with Crippen LogP contribution in [0, 0.1) is 0 Å². The molecule has 0 N–H and O–H groups in total. The molecule has 4 aromatic carbocycles. The van der Waals surface area contributed by atoms with Crippen LogP contribution in [0.2, 0.25) is 0 Å². The van der Waals surface area contributed by atoms with E-state index in [1.807, 2.05) is 30.7 Å². The number of aromatic nitrogens is 3. The van der Waals surface area contributed by atoms with Crippen LogP contribution in [0.5, 0.6) is 0 Å². The molecule has 0 aliphatic heterocycles. The number of para-hydroxylation sites is 1. The Hall–Kier alpha value is -4.24. The van der Waals surface area contributed by atoms with Crippen molar-refractivity contribution in [2.24, 2.45) is 0 Å². The molecule has 3 heteroatoms. The highest BCUT2D eigenvalue weighted by molar-refractivity contribution is 6.02. The maximum Gasteiger partial charge on any atom is 0.122 e. The molecule has 0 saturated heterocycles. The third-order valence-corrected chi connectivity index (χ3v) is 6.23. The second kappa shape index (κ2) is 7.47. The lowest BCUT2D eigenvalue weighted by atomic mass is 9.76. The summed E-state index contributed by atoms with van der Waals surface area (Å²) in [5.74, 6) is 0.